The molecule has 7 heteroatoms. The van der Waals surface area contributed by atoms with Crippen LogP contribution in [-0.4, -0.2) is 22.5 Å². The number of H-pyrrole nitrogens is 1. The number of ether oxygens (including phenoxy) is 1. The molecule has 0 aliphatic rings. The Labute approximate surface area is 162 Å². The van der Waals surface area contributed by atoms with Gasteiger partial charge >= 0.3 is 0 Å². The minimum Gasteiger partial charge on any atom is -0.492 e. The summed E-state index contributed by atoms with van der Waals surface area (Å²) in [5, 5.41) is 12.4. The van der Waals surface area contributed by atoms with Gasteiger partial charge in [-0.3, -0.25) is 9.59 Å². The van der Waals surface area contributed by atoms with Gasteiger partial charge < -0.3 is 15.0 Å². The average Bonchev–Trinajstić information content (AvgIpc) is 2.69. The van der Waals surface area contributed by atoms with E-state index in [4.69, 9.17) is 10.00 Å². The number of carbonyl (C=O) groups is 1. The second-order valence-electron chi connectivity index (χ2n) is 6.19. The molecular weight excluding hydrogens is 356 g/mol. The Morgan fingerprint density at radius 2 is 2.11 bits per heavy atom. The van der Waals surface area contributed by atoms with Gasteiger partial charge in [-0.25, -0.2) is 4.98 Å². The van der Waals surface area contributed by atoms with E-state index < -0.39 is 0 Å². The van der Waals surface area contributed by atoms with E-state index in [1.54, 1.807) is 36.4 Å². The second-order valence-corrected chi connectivity index (χ2v) is 6.19. The van der Waals surface area contributed by atoms with Crippen molar-refractivity contribution in [3.8, 4) is 11.8 Å². The third-order valence-corrected chi connectivity index (χ3v) is 4.16. The normalized spacial score (nSPS) is 10.4. The molecule has 3 aromatic rings. The first-order chi connectivity index (χ1) is 13.6. The Hall–Kier alpha value is -3.66. The van der Waals surface area contributed by atoms with E-state index in [0.29, 0.717) is 53.2 Å². The summed E-state index contributed by atoms with van der Waals surface area (Å²) in [5.74, 6) is 0.882. The number of benzene rings is 2. The number of hydrogen-bond acceptors (Lipinski definition) is 5. The molecule has 0 spiro atoms. The Balaban J connectivity index is 1.62. The highest BCUT2D eigenvalue weighted by atomic mass is 16.5. The molecule has 0 fully saturated rings. The van der Waals surface area contributed by atoms with E-state index in [-0.39, 0.29) is 17.9 Å². The maximum atomic E-state index is 12.3. The highest BCUT2D eigenvalue weighted by Crippen LogP contribution is 2.26. The number of anilines is 1. The summed E-state index contributed by atoms with van der Waals surface area (Å²) < 4.78 is 5.49. The summed E-state index contributed by atoms with van der Waals surface area (Å²) in [6.45, 7) is 2.30. The molecule has 0 atom stereocenters. The second kappa shape index (κ2) is 8.82. The van der Waals surface area contributed by atoms with Gasteiger partial charge in [0.05, 0.1) is 34.8 Å². The van der Waals surface area contributed by atoms with Crippen molar-refractivity contribution in [3.05, 3.63) is 64.2 Å². The van der Waals surface area contributed by atoms with Crippen LogP contribution in [0.5, 0.6) is 5.75 Å². The number of aromatic nitrogens is 2. The van der Waals surface area contributed by atoms with Gasteiger partial charge in [0, 0.05) is 12.8 Å². The lowest BCUT2D eigenvalue weighted by atomic mass is 10.1. The minimum absolute atomic E-state index is 0.181. The largest absolute Gasteiger partial charge is 0.492 e. The van der Waals surface area contributed by atoms with Crippen molar-refractivity contribution in [1.29, 1.82) is 5.26 Å². The van der Waals surface area contributed by atoms with Crippen LogP contribution < -0.4 is 15.6 Å². The quantitative estimate of drug-likeness (QED) is 0.658. The number of aryl methyl sites for hydroxylation is 1. The molecule has 2 aromatic carbocycles. The van der Waals surface area contributed by atoms with Crippen LogP contribution in [-0.2, 0) is 11.2 Å². The molecule has 0 unspecified atom stereocenters. The molecule has 1 aromatic heterocycles. The van der Waals surface area contributed by atoms with Crippen molar-refractivity contribution in [2.75, 3.05) is 11.9 Å². The molecule has 0 saturated carbocycles. The first kappa shape index (κ1) is 19.1. The Morgan fingerprint density at radius 3 is 2.89 bits per heavy atom. The molecule has 7 nitrogen and oxygen atoms in total. The van der Waals surface area contributed by atoms with Gasteiger partial charge in [-0.2, -0.15) is 5.26 Å². The molecule has 3 rings (SSSR count). The molecule has 1 heterocycles. The average molecular weight is 376 g/mol. The molecule has 0 radical (unpaired) electrons. The number of rotatable bonds is 7. The van der Waals surface area contributed by atoms with Crippen molar-refractivity contribution in [1.82, 2.24) is 9.97 Å². The summed E-state index contributed by atoms with van der Waals surface area (Å²) in [4.78, 5) is 31.6. The SMILES string of the molecule is CCOc1ccc(C#N)cc1NC(=O)CCCc1nc2ccccc2c(=O)[nH]1. The van der Waals surface area contributed by atoms with E-state index in [1.165, 1.54) is 0 Å². The number of para-hydroxylation sites is 1. The van der Waals surface area contributed by atoms with Gasteiger partial charge in [0.1, 0.15) is 11.6 Å². The van der Waals surface area contributed by atoms with Crippen LogP contribution in [0.4, 0.5) is 5.69 Å². The number of fused-ring (bicyclic) bond motifs is 1. The number of nitrogens with zero attached hydrogens (tertiary/aromatic N) is 2. The lowest BCUT2D eigenvalue weighted by molar-refractivity contribution is -0.116. The lowest BCUT2D eigenvalue weighted by Gasteiger charge is -2.12. The van der Waals surface area contributed by atoms with Gasteiger partial charge in [0.25, 0.3) is 5.56 Å². The molecule has 2 N–H and O–H groups in total. The van der Waals surface area contributed by atoms with Gasteiger partial charge in [-0.1, -0.05) is 12.1 Å². The summed E-state index contributed by atoms with van der Waals surface area (Å²) in [6.07, 6.45) is 1.25. The van der Waals surface area contributed by atoms with Crippen LogP contribution >= 0.6 is 0 Å². The van der Waals surface area contributed by atoms with Crippen molar-refractivity contribution in [2.45, 2.75) is 26.2 Å². The third kappa shape index (κ3) is 4.54. The van der Waals surface area contributed by atoms with Crippen molar-refractivity contribution < 1.29 is 9.53 Å². The molecule has 0 bridgehead atoms. The highest BCUT2D eigenvalue weighted by Gasteiger charge is 2.10. The maximum absolute atomic E-state index is 12.3. The fourth-order valence-electron chi connectivity index (χ4n) is 2.86. The number of nitriles is 1. The van der Waals surface area contributed by atoms with Crippen molar-refractivity contribution >= 4 is 22.5 Å². The van der Waals surface area contributed by atoms with Crippen LogP contribution in [0.1, 0.15) is 31.2 Å². The predicted molar refractivity (Wildman–Crippen MR) is 106 cm³/mol. The van der Waals surface area contributed by atoms with Gasteiger partial charge in [0.15, 0.2) is 0 Å². The fraction of sp³-hybridized carbons (Fsp3) is 0.238. The number of nitrogens with one attached hydrogen (secondary N) is 2. The van der Waals surface area contributed by atoms with Crippen molar-refractivity contribution in [2.24, 2.45) is 0 Å². The molecule has 0 saturated heterocycles. The standard InChI is InChI=1S/C21H20N4O3/c1-2-28-18-11-10-14(13-22)12-17(18)24-20(26)9-5-8-19-23-16-7-4-3-6-15(16)21(27)25-19/h3-4,6-7,10-12H,2,5,8-9H2,1H3,(H,24,26)(H,23,25,27). The fourth-order valence-corrected chi connectivity index (χ4v) is 2.86. The highest BCUT2D eigenvalue weighted by molar-refractivity contribution is 5.92. The molecule has 0 aliphatic heterocycles. The zero-order valence-corrected chi connectivity index (χ0v) is 15.5. The van der Waals surface area contributed by atoms with Gasteiger partial charge in [-0.05, 0) is 43.7 Å². The number of carbonyl (C=O) groups excluding carboxylic acids is 1. The summed E-state index contributed by atoms with van der Waals surface area (Å²) >= 11 is 0. The monoisotopic (exact) mass is 376 g/mol. The van der Waals surface area contributed by atoms with E-state index in [2.05, 4.69) is 15.3 Å². The zero-order chi connectivity index (χ0) is 19.9. The maximum Gasteiger partial charge on any atom is 0.258 e. The van der Waals surface area contributed by atoms with Crippen LogP contribution in [0.25, 0.3) is 10.9 Å². The first-order valence-electron chi connectivity index (χ1n) is 9.05. The number of aromatic amines is 1. The lowest BCUT2D eigenvalue weighted by Crippen LogP contribution is -2.15. The molecular formula is C21H20N4O3. The van der Waals surface area contributed by atoms with Crippen LogP contribution in [0.15, 0.2) is 47.3 Å². The van der Waals surface area contributed by atoms with Gasteiger partial charge in [0.2, 0.25) is 5.91 Å². The first-order valence-corrected chi connectivity index (χ1v) is 9.05. The zero-order valence-electron chi connectivity index (χ0n) is 15.5. The van der Waals surface area contributed by atoms with E-state index >= 15 is 0 Å². The third-order valence-electron chi connectivity index (χ3n) is 4.16. The number of hydrogen-bond donors (Lipinski definition) is 2. The van der Waals surface area contributed by atoms with E-state index in [1.807, 2.05) is 19.1 Å². The Kier molecular flexibility index (Phi) is 6.02. The molecule has 28 heavy (non-hydrogen) atoms. The molecule has 0 aliphatic carbocycles. The van der Waals surface area contributed by atoms with Crippen LogP contribution in [0.2, 0.25) is 0 Å². The summed E-state index contributed by atoms with van der Waals surface area (Å²) in [6, 6.07) is 14.1. The predicted octanol–water partition coefficient (Wildman–Crippen LogP) is 3.15. The van der Waals surface area contributed by atoms with E-state index in [9.17, 15) is 9.59 Å². The topological polar surface area (TPSA) is 108 Å². The van der Waals surface area contributed by atoms with E-state index in [0.717, 1.165) is 0 Å². The molecule has 1 amide bonds. The smallest absolute Gasteiger partial charge is 0.258 e. The van der Waals surface area contributed by atoms with Crippen molar-refractivity contribution in [3.63, 3.8) is 0 Å². The van der Waals surface area contributed by atoms with Gasteiger partial charge in [-0.15, -0.1) is 0 Å². The number of amides is 1. The Morgan fingerprint density at radius 1 is 1.29 bits per heavy atom. The Bertz CT molecular complexity index is 1100. The van der Waals surface area contributed by atoms with Crippen LogP contribution in [0.3, 0.4) is 0 Å². The van der Waals surface area contributed by atoms with Crippen LogP contribution in [0, 0.1) is 11.3 Å². The summed E-state index contributed by atoms with van der Waals surface area (Å²) in [5.41, 5.74) is 1.37. The minimum atomic E-state index is -0.195. The summed E-state index contributed by atoms with van der Waals surface area (Å²) in [7, 11) is 0. The molecule has 142 valence electrons.